The summed E-state index contributed by atoms with van der Waals surface area (Å²) >= 11 is 14.4. The first kappa shape index (κ1) is 15.2. The third-order valence-electron chi connectivity index (χ3n) is 2.10. The largest absolute Gasteiger partial charge is 0.243 e. The molecule has 0 aliphatic carbocycles. The Kier molecular flexibility index (Phi) is 6.23. The molecule has 0 saturated carbocycles. The lowest BCUT2D eigenvalue weighted by Gasteiger charge is -2.20. The van der Waals surface area contributed by atoms with Gasteiger partial charge < -0.3 is 0 Å². The highest BCUT2D eigenvalue weighted by Crippen LogP contribution is 2.20. The average molecular weight is 361 g/mol. The fourth-order valence-electron chi connectivity index (χ4n) is 1.32. The lowest BCUT2D eigenvalue weighted by atomic mass is 10.4. The molecule has 0 heterocycles. The van der Waals surface area contributed by atoms with Gasteiger partial charge in [-0.25, -0.2) is 8.42 Å². The zero-order valence-electron chi connectivity index (χ0n) is 8.94. The quantitative estimate of drug-likeness (QED) is 0.731. The van der Waals surface area contributed by atoms with Gasteiger partial charge in [0.25, 0.3) is 0 Å². The lowest BCUT2D eigenvalue weighted by molar-refractivity contribution is 0.448. The minimum Gasteiger partial charge on any atom is -0.207 e. The smallest absolute Gasteiger partial charge is 0.207 e. The molecule has 1 rings (SSSR count). The molecule has 0 radical (unpaired) electrons. The summed E-state index contributed by atoms with van der Waals surface area (Å²) in [6.07, 6.45) is 0. The number of nitrogens with zero attached hydrogens (tertiary/aromatic N) is 1. The van der Waals surface area contributed by atoms with E-state index in [9.17, 15) is 8.42 Å². The molecule has 1 aromatic rings. The van der Waals surface area contributed by atoms with Gasteiger partial charge in [0.15, 0.2) is 0 Å². The summed E-state index contributed by atoms with van der Waals surface area (Å²) in [6, 6.07) is 6.56. The highest BCUT2D eigenvalue weighted by Gasteiger charge is 2.23. The monoisotopic (exact) mass is 359 g/mol. The second-order valence-electron chi connectivity index (χ2n) is 3.24. The van der Waals surface area contributed by atoms with Gasteiger partial charge in [0, 0.05) is 29.3 Å². The maximum absolute atomic E-state index is 12.3. The van der Waals surface area contributed by atoms with Crippen molar-refractivity contribution < 1.29 is 8.42 Å². The maximum Gasteiger partial charge on any atom is 0.243 e. The van der Waals surface area contributed by atoms with Gasteiger partial charge in [0.1, 0.15) is 0 Å². The topological polar surface area (TPSA) is 37.4 Å². The van der Waals surface area contributed by atoms with Crippen LogP contribution in [-0.2, 0) is 10.0 Å². The molecule has 0 atom stereocenters. The first-order valence-corrected chi connectivity index (χ1v) is 8.20. The minimum atomic E-state index is -3.51. The second-order valence-corrected chi connectivity index (χ2v) is 6.85. The van der Waals surface area contributed by atoms with Gasteiger partial charge in [0.2, 0.25) is 10.0 Å². The normalized spacial score (nSPS) is 12.0. The van der Waals surface area contributed by atoms with E-state index in [4.69, 9.17) is 23.2 Å². The average Bonchev–Trinajstić information content (AvgIpc) is 2.29. The van der Waals surface area contributed by atoms with Crippen LogP contribution in [0.4, 0.5) is 0 Å². The SMILES string of the molecule is O=S(=O)(c1cccc(Br)c1)N(CCCl)CCCl. The molecule has 0 unspecified atom stereocenters. The summed E-state index contributed by atoms with van der Waals surface area (Å²) in [5.41, 5.74) is 0. The molecule has 1 aromatic carbocycles. The Morgan fingerprint density at radius 3 is 2.24 bits per heavy atom. The Morgan fingerprint density at radius 2 is 1.76 bits per heavy atom. The van der Waals surface area contributed by atoms with E-state index in [1.807, 2.05) is 0 Å². The molecule has 0 fully saturated rings. The van der Waals surface area contributed by atoms with Crippen LogP contribution >= 0.6 is 39.1 Å². The predicted octanol–water partition coefficient (Wildman–Crippen LogP) is 2.92. The van der Waals surface area contributed by atoms with Crippen molar-refractivity contribution in [3.63, 3.8) is 0 Å². The summed E-state index contributed by atoms with van der Waals surface area (Å²) < 4.78 is 26.5. The van der Waals surface area contributed by atoms with Crippen molar-refractivity contribution >= 4 is 49.2 Å². The van der Waals surface area contributed by atoms with E-state index in [1.54, 1.807) is 24.3 Å². The van der Waals surface area contributed by atoms with Gasteiger partial charge in [-0.2, -0.15) is 4.31 Å². The number of alkyl halides is 2. The number of benzene rings is 1. The standard InChI is InChI=1S/C10H12BrCl2NO2S/c11-9-2-1-3-10(8-9)17(15,16)14(6-4-12)7-5-13/h1-3,8H,4-7H2. The Morgan fingerprint density at radius 1 is 1.18 bits per heavy atom. The number of halogens is 3. The number of hydrogen-bond donors (Lipinski definition) is 0. The van der Waals surface area contributed by atoms with Crippen LogP contribution in [0.25, 0.3) is 0 Å². The third-order valence-corrected chi connectivity index (χ3v) is 4.83. The fourth-order valence-corrected chi connectivity index (χ4v) is 3.96. The second kappa shape index (κ2) is 6.95. The molecule has 0 saturated heterocycles. The molecule has 17 heavy (non-hydrogen) atoms. The third kappa shape index (κ3) is 4.10. The summed E-state index contributed by atoms with van der Waals surface area (Å²) in [7, 11) is -3.51. The van der Waals surface area contributed by atoms with Crippen LogP contribution in [0, 0.1) is 0 Å². The van der Waals surface area contributed by atoms with Gasteiger partial charge in [-0.15, -0.1) is 23.2 Å². The first-order chi connectivity index (χ1) is 8.02. The zero-order chi connectivity index (χ0) is 12.9. The van der Waals surface area contributed by atoms with Crippen molar-refractivity contribution in [2.24, 2.45) is 0 Å². The van der Waals surface area contributed by atoms with Crippen molar-refractivity contribution in [3.05, 3.63) is 28.7 Å². The van der Waals surface area contributed by atoms with Crippen molar-refractivity contribution in [1.29, 1.82) is 0 Å². The van der Waals surface area contributed by atoms with E-state index >= 15 is 0 Å². The van der Waals surface area contributed by atoms with Crippen LogP contribution in [0.3, 0.4) is 0 Å². The summed E-state index contributed by atoms with van der Waals surface area (Å²) in [5.74, 6) is 0.480. The molecule has 0 aliphatic heterocycles. The Labute approximate surface area is 120 Å². The minimum absolute atomic E-state index is 0.238. The van der Waals surface area contributed by atoms with Gasteiger partial charge >= 0.3 is 0 Å². The van der Waals surface area contributed by atoms with Crippen LogP contribution in [0.1, 0.15) is 0 Å². The van der Waals surface area contributed by atoms with E-state index in [2.05, 4.69) is 15.9 Å². The molecule has 0 amide bonds. The van der Waals surface area contributed by atoms with Crippen LogP contribution in [0.15, 0.2) is 33.6 Å². The zero-order valence-corrected chi connectivity index (χ0v) is 12.9. The Hall–Kier alpha value is 0.190. The molecule has 0 N–H and O–H groups in total. The Bertz CT molecular complexity index is 461. The van der Waals surface area contributed by atoms with Gasteiger partial charge in [-0.3, -0.25) is 0 Å². The number of rotatable bonds is 6. The fraction of sp³-hybridized carbons (Fsp3) is 0.400. The highest BCUT2D eigenvalue weighted by molar-refractivity contribution is 9.10. The number of hydrogen-bond acceptors (Lipinski definition) is 2. The van der Waals surface area contributed by atoms with Crippen molar-refractivity contribution in [2.75, 3.05) is 24.8 Å². The molecule has 0 aliphatic rings. The van der Waals surface area contributed by atoms with Crippen LogP contribution in [-0.4, -0.2) is 37.6 Å². The van der Waals surface area contributed by atoms with Gasteiger partial charge in [-0.05, 0) is 18.2 Å². The van der Waals surface area contributed by atoms with Crippen LogP contribution in [0.2, 0.25) is 0 Å². The molecular formula is C10H12BrCl2NO2S. The number of sulfonamides is 1. The van der Waals surface area contributed by atoms with E-state index in [-0.39, 0.29) is 29.7 Å². The molecule has 0 spiro atoms. The van der Waals surface area contributed by atoms with E-state index in [1.165, 1.54) is 4.31 Å². The van der Waals surface area contributed by atoms with Crippen LogP contribution in [0.5, 0.6) is 0 Å². The molecule has 96 valence electrons. The summed E-state index contributed by atoms with van der Waals surface area (Å²) in [5, 5.41) is 0. The van der Waals surface area contributed by atoms with Crippen molar-refractivity contribution in [2.45, 2.75) is 4.90 Å². The summed E-state index contributed by atoms with van der Waals surface area (Å²) in [4.78, 5) is 0.238. The maximum atomic E-state index is 12.3. The van der Waals surface area contributed by atoms with Gasteiger partial charge in [0.05, 0.1) is 4.90 Å². The van der Waals surface area contributed by atoms with E-state index < -0.39 is 10.0 Å². The molecule has 7 heteroatoms. The van der Waals surface area contributed by atoms with E-state index in [0.717, 1.165) is 4.47 Å². The first-order valence-electron chi connectivity index (χ1n) is 4.90. The molecular weight excluding hydrogens is 349 g/mol. The molecule has 0 aromatic heterocycles. The summed E-state index contributed by atoms with van der Waals surface area (Å²) in [6.45, 7) is 0.506. The molecule has 0 bridgehead atoms. The van der Waals surface area contributed by atoms with Gasteiger partial charge in [-0.1, -0.05) is 22.0 Å². The Balaban J connectivity index is 3.07. The van der Waals surface area contributed by atoms with Crippen molar-refractivity contribution in [1.82, 2.24) is 4.31 Å². The lowest BCUT2D eigenvalue weighted by Crippen LogP contribution is -2.34. The van der Waals surface area contributed by atoms with Crippen LogP contribution < -0.4 is 0 Å². The molecule has 3 nitrogen and oxygen atoms in total. The highest BCUT2D eigenvalue weighted by atomic mass is 79.9. The van der Waals surface area contributed by atoms with E-state index in [0.29, 0.717) is 0 Å². The van der Waals surface area contributed by atoms with Crippen molar-refractivity contribution in [3.8, 4) is 0 Å². The predicted molar refractivity (Wildman–Crippen MR) is 74.3 cm³/mol.